The van der Waals surface area contributed by atoms with E-state index in [4.69, 9.17) is 9.68 Å². The summed E-state index contributed by atoms with van der Waals surface area (Å²) in [6.07, 6.45) is 3.30. The number of benzene rings is 1. The SMILES string of the molecule is C1=Cc2c3c(ccc2=NO1)=NNO3. The molecule has 0 radical (unpaired) electrons. The first-order valence-electron chi connectivity index (χ1n) is 3.78. The summed E-state index contributed by atoms with van der Waals surface area (Å²) in [5.41, 5.74) is 3.33. The summed E-state index contributed by atoms with van der Waals surface area (Å²) in [6, 6.07) is 3.65. The lowest BCUT2D eigenvalue weighted by atomic mass is 10.1. The molecule has 0 aliphatic carbocycles. The van der Waals surface area contributed by atoms with Crippen LogP contribution in [0.4, 0.5) is 0 Å². The van der Waals surface area contributed by atoms with E-state index in [9.17, 15) is 0 Å². The second-order valence-electron chi connectivity index (χ2n) is 2.65. The molecule has 5 heteroatoms. The standard InChI is InChI=1S/C8H5N3O2/c1-2-7-8(13-11-9-7)5-3-4-12-10-6(1)5/h1-4,11H. The molecule has 1 aromatic carbocycles. The van der Waals surface area contributed by atoms with Gasteiger partial charge in [-0.05, 0) is 18.2 Å². The summed E-state index contributed by atoms with van der Waals surface area (Å²) in [7, 11) is 0. The Labute approximate surface area is 72.9 Å². The Morgan fingerprint density at radius 3 is 3.15 bits per heavy atom. The minimum Gasteiger partial charge on any atom is -0.364 e. The van der Waals surface area contributed by atoms with Gasteiger partial charge in [-0.2, -0.15) is 0 Å². The van der Waals surface area contributed by atoms with Crippen molar-refractivity contribution in [3.63, 3.8) is 0 Å². The van der Waals surface area contributed by atoms with Gasteiger partial charge in [0.15, 0.2) is 5.75 Å². The third-order valence-electron chi connectivity index (χ3n) is 1.91. The molecule has 2 aliphatic rings. The van der Waals surface area contributed by atoms with Gasteiger partial charge < -0.3 is 9.68 Å². The molecule has 13 heavy (non-hydrogen) atoms. The van der Waals surface area contributed by atoms with Crippen LogP contribution < -0.4 is 21.1 Å². The number of rotatable bonds is 0. The van der Waals surface area contributed by atoms with Crippen molar-refractivity contribution in [3.05, 3.63) is 34.7 Å². The van der Waals surface area contributed by atoms with E-state index in [0.29, 0.717) is 5.75 Å². The second kappa shape index (κ2) is 2.22. The fourth-order valence-corrected chi connectivity index (χ4v) is 1.32. The average Bonchev–Trinajstić information content (AvgIpc) is 2.65. The van der Waals surface area contributed by atoms with Crippen molar-refractivity contribution in [2.24, 2.45) is 10.3 Å². The first-order chi connectivity index (χ1) is 6.45. The van der Waals surface area contributed by atoms with Gasteiger partial charge in [-0.15, -0.1) is 10.7 Å². The predicted octanol–water partition coefficient (Wildman–Crippen LogP) is -0.346. The first-order valence-corrected chi connectivity index (χ1v) is 3.78. The molecule has 1 aromatic rings. The molecule has 64 valence electrons. The molecule has 0 unspecified atom stereocenters. The number of hydrogen-bond acceptors (Lipinski definition) is 5. The normalized spacial score (nSPS) is 15.4. The van der Waals surface area contributed by atoms with Crippen molar-refractivity contribution in [1.82, 2.24) is 5.59 Å². The van der Waals surface area contributed by atoms with Gasteiger partial charge in [0.25, 0.3) is 0 Å². The lowest BCUT2D eigenvalue weighted by Gasteiger charge is -2.03. The van der Waals surface area contributed by atoms with E-state index in [-0.39, 0.29) is 0 Å². The largest absolute Gasteiger partial charge is 0.364 e. The predicted molar refractivity (Wildman–Crippen MR) is 42.6 cm³/mol. The molecule has 0 amide bonds. The molecular weight excluding hydrogens is 170 g/mol. The van der Waals surface area contributed by atoms with E-state index in [1.165, 1.54) is 6.26 Å². The van der Waals surface area contributed by atoms with Crippen LogP contribution in [-0.2, 0) is 4.84 Å². The maximum atomic E-state index is 5.11. The van der Waals surface area contributed by atoms with Gasteiger partial charge in [-0.25, -0.2) is 0 Å². The van der Waals surface area contributed by atoms with E-state index in [1.54, 1.807) is 6.08 Å². The summed E-state index contributed by atoms with van der Waals surface area (Å²) in [5.74, 6) is 0.695. The van der Waals surface area contributed by atoms with Gasteiger partial charge in [0.05, 0.1) is 5.56 Å². The van der Waals surface area contributed by atoms with E-state index < -0.39 is 0 Å². The molecule has 0 bridgehead atoms. The number of nitrogens with one attached hydrogen (secondary N) is 1. The summed E-state index contributed by atoms with van der Waals surface area (Å²) < 4.78 is 0. The van der Waals surface area contributed by atoms with Gasteiger partial charge in [-0.1, -0.05) is 5.16 Å². The van der Waals surface area contributed by atoms with Gasteiger partial charge in [0.1, 0.15) is 17.0 Å². The van der Waals surface area contributed by atoms with Crippen LogP contribution in [0.5, 0.6) is 5.75 Å². The Hall–Kier alpha value is -2.04. The average molecular weight is 175 g/mol. The molecule has 0 fully saturated rings. The fourth-order valence-electron chi connectivity index (χ4n) is 1.32. The third kappa shape index (κ3) is 0.807. The van der Waals surface area contributed by atoms with Crippen LogP contribution in [0, 0.1) is 0 Å². The minimum absolute atomic E-state index is 0.695. The summed E-state index contributed by atoms with van der Waals surface area (Å²) in [6.45, 7) is 0. The molecule has 0 atom stereocenters. The molecule has 3 rings (SSSR count). The maximum Gasteiger partial charge on any atom is 0.194 e. The van der Waals surface area contributed by atoms with Crippen LogP contribution in [0.25, 0.3) is 6.08 Å². The van der Waals surface area contributed by atoms with E-state index >= 15 is 0 Å². The maximum absolute atomic E-state index is 5.11. The molecule has 2 heterocycles. The van der Waals surface area contributed by atoms with E-state index in [0.717, 1.165) is 16.3 Å². The highest BCUT2D eigenvalue weighted by atomic mass is 16.7. The zero-order valence-electron chi connectivity index (χ0n) is 6.52. The molecular formula is C8H5N3O2. The Kier molecular flexibility index (Phi) is 1.11. The van der Waals surface area contributed by atoms with Gasteiger partial charge in [0.2, 0.25) is 0 Å². The topological polar surface area (TPSA) is 55.2 Å². The summed E-state index contributed by atoms with van der Waals surface area (Å²) >= 11 is 0. The number of hydrogen-bond donors (Lipinski definition) is 1. The Balaban J connectivity index is 2.44. The zero-order chi connectivity index (χ0) is 8.67. The van der Waals surface area contributed by atoms with Crippen molar-refractivity contribution < 1.29 is 9.68 Å². The Morgan fingerprint density at radius 2 is 2.15 bits per heavy atom. The van der Waals surface area contributed by atoms with Crippen LogP contribution in [0.1, 0.15) is 5.56 Å². The Bertz CT molecular complexity index is 507. The summed E-state index contributed by atoms with van der Waals surface area (Å²) in [5, 5.41) is 9.28. The van der Waals surface area contributed by atoms with Gasteiger partial charge >= 0.3 is 0 Å². The first kappa shape index (κ1) is 6.47. The van der Waals surface area contributed by atoms with E-state index in [2.05, 4.69) is 15.8 Å². The third-order valence-corrected chi connectivity index (χ3v) is 1.91. The highest BCUT2D eigenvalue weighted by Crippen LogP contribution is 2.13. The lowest BCUT2D eigenvalue weighted by molar-refractivity contribution is 0.218. The van der Waals surface area contributed by atoms with Crippen LogP contribution in [0.15, 0.2) is 28.7 Å². The number of nitrogens with zero attached hydrogens (tertiary/aromatic N) is 2. The fraction of sp³-hybridized carbons (Fsp3) is 0. The van der Waals surface area contributed by atoms with Crippen molar-refractivity contribution >= 4 is 6.08 Å². The quantitative estimate of drug-likeness (QED) is 0.586. The van der Waals surface area contributed by atoms with E-state index in [1.807, 2.05) is 12.1 Å². The highest BCUT2D eigenvalue weighted by molar-refractivity contribution is 5.56. The van der Waals surface area contributed by atoms with Gasteiger partial charge in [0, 0.05) is 0 Å². The van der Waals surface area contributed by atoms with Crippen molar-refractivity contribution in [3.8, 4) is 5.75 Å². The zero-order valence-corrected chi connectivity index (χ0v) is 6.52. The van der Waals surface area contributed by atoms with Crippen molar-refractivity contribution in [1.29, 1.82) is 0 Å². The monoisotopic (exact) mass is 175 g/mol. The van der Waals surface area contributed by atoms with Crippen LogP contribution in [-0.4, -0.2) is 0 Å². The van der Waals surface area contributed by atoms with Gasteiger partial charge in [-0.3, -0.25) is 0 Å². The van der Waals surface area contributed by atoms with Crippen LogP contribution in [0.2, 0.25) is 0 Å². The Morgan fingerprint density at radius 1 is 1.23 bits per heavy atom. The molecule has 1 N–H and O–H groups in total. The smallest absolute Gasteiger partial charge is 0.194 e. The second-order valence-corrected chi connectivity index (χ2v) is 2.65. The number of fused-ring (bicyclic) bond motifs is 3. The molecule has 0 saturated heterocycles. The molecule has 0 aromatic heterocycles. The summed E-state index contributed by atoms with van der Waals surface area (Å²) in [4.78, 5) is 9.91. The molecule has 0 spiro atoms. The van der Waals surface area contributed by atoms with Crippen molar-refractivity contribution in [2.45, 2.75) is 0 Å². The highest BCUT2D eigenvalue weighted by Gasteiger charge is 2.13. The lowest BCUT2D eigenvalue weighted by Crippen LogP contribution is -2.16. The van der Waals surface area contributed by atoms with Crippen LogP contribution in [0.3, 0.4) is 0 Å². The van der Waals surface area contributed by atoms with Crippen molar-refractivity contribution in [2.75, 3.05) is 0 Å². The molecule has 0 saturated carbocycles. The molecule has 5 nitrogen and oxygen atoms in total. The molecule has 2 aliphatic heterocycles. The minimum atomic E-state index is 0.695. The van der Waals surface area contributed by atoms with Crippen LogP contribution >= 0.6 is 0 Å².